The first-order chi connectivity index (χ1) is 13.5. The fourth-order valence-corrected chi connectivity index (χ4v) is 4.52. The molecule has 29 heavy (non-hydrogen) atoms. The molecule has 0 bridgehead atoms. The third kappa shape index (κ3) is 8.98. The fraction of sp³-hybridized carbons (Fsp3) is 0.625. The fourth-order valence-electron chi connectivity index (χ4n) is 2.63. The van der Waals surface area contributed by atoms with Crippen LogP contribution in [0.4, 0.5) is 13.2 Å². The molecule has 0 saturated heterocycles. The van der Waals surface area contributed by atoms with E-state index in [2.05, 4.69) is 22.4 Å². The zero-order valence-electron chi connectivity index (χ0n) is 15.5. The van der Waals surface area contributed by atoms with Crippen molar-refractivity contribution in [2.24, 2.45) is 5.92 Å². The van der Waals surface area contributed by atoms with Crippen molar-refractivity contribution in [3.8, 4) is 0 Å². The summed E-state index contributed by atoms with van der Waals surface area (Å²) in [6, 6.07) is 0. The van der Waals surface area contributed by atoms with Gasteiger partial charge in [-0.25, -0.2) is 4.79 Å². The molecule has 2 atom stereocenters. The summed E-state index contributed by atoms with van der Waals surface area (Å²) in [5.74, 6) is -1.84. The minimum atomic E-state index is -5.08. The number of carboxylic acid groups (broad SMARTS) is 2. The lowest BCUT2D eigenvalue weighted by Crippen LogP contribution is -2.36. The third-order valence-electron chi connectivity index (χ3n) is 4.10. The van der Waals surface area contributed by atoms with E-state index in [0.717, 1.165) is 29.9 Å². The van der Waals surface area contributed by atoms with E-state index in [0.29, 0.717) is 12.3 Å². The molecule has 0 aromatic carbocycles. The first-order valence-electron chi connectivity index (χ1n) is 8.60. The van der Waals surface area contributed by atoms with Gasteiger partial charge in [-0.05, 0) is 24.3 Å². The van der Waals surface area contributed by atoms with Crippen molar-refractivity contribution in [2.45, 2.75) is 38.3 Å². The molecule has 1 aromatic heterocycles. The first-order valence-corrected chi connectivity index (χ1v) is 11.1. The van der Waals surface area contributed by atoms with Crippen molar-refractivity contribution in [3.63, 3.8) is 0 Å². The Morgan fingerprint density at radius 3 is 2.48 bits per heavy atom. The number of hydrogen-bond donors (Lipinski definition) is 4. The van der Waals surface area contributed by atoms with E-state index in [1.807, 2.05) is 6.20 Å². The van der Waals surface area contributed by atoms with Crippen molar-refractivity contribution >= 4 is 39.4 Å². The number of H-pyrrole nitrogens is 1. The number of carbonyl (C=O) groups excluding carboxylic acids is 1. The number of alkyl halides is 3. The van der Waals surface area contributed by atoms with Gasteiger partial charge >= 0.3 is 18.1 Å². The van der Waals surface area contributed by atoms with Gasteiger partial charge in [0.05, 0.1) is 12.6 Å². The average molecular weight is 457 g/mol. The van der Waals surface area contributed by atoms with Crippen LogP contribution >= 0.6 is 21.6 Å². The number of aromatic nitrogens is 2. The van der Waals surface area contributed by atoms with Crippen LogP contribution in [0.5, 0.6) is 0 Å². The zero-order valence-corrected chi connectivity index (χ0v) is 17.1. The summed E-state index contributed by atoms with van der Waals surface area (Å²) in [5.41, 5.74) is 2.31. The normalized spacial score (nSPS) is 18.2. The van der Waals surface area contributed by atoms with E-state index >= 15 is 0 Å². The lowest BCUT2D eigenvalue weighted by atomic mass is 9.78. The summed E-state index contributed by atoms with van der Waals surface area (Å²) >= 11 is 0. The average Bonchev–Trinajstić information content (AvgIpc) is 3.10. The van der Waals surface area contributed by atoms with Gasteiger partial charge in [-0.15, -0.1) is 0 Å². The summed E-state index contributed by atoms with van der Waals surface area (Å²) in [6.45, 7) is 2.69. The number of aryl methyl sites for hydroxylation is 1. The molecule has 0 aliphatic heterocycles. The van der Waals surface area contributed by atoms with Crippen LogP contribution in [0.1, 0.15) is 36.9 Å². The van der Waals surface area contributed by atoms with Crippen LogP contribution in [0.25, 0.3) is 0 Å². The lowest BCUT2D eigenvalue weighted by Gasteiger charge is -2.27. The summed E-state index contributed by atoms with van der Waals surface area (Å²) in [7, 11) is 3.13. The quantitative estimate of drug-likeness (QED) is 0.346. The van der Waals surface area contributed by atoms with E-state index in [1.54, 1.807) is 10.8 Å². The predicted molar refractivity (Wildman–Crippen MR) is 103 cm³/mol. The number of aromatic amines is 1. The molecule has 0 spiro atoms. The first kappa shape index (κ1) is 25.1. The molecule has 0 fully saturated rings. The summed E-state index contributed by atoms with van der Waals surface area (Å²) in [4.78, 5) is 31.5. The van der Waals surface area contributed by atoms with Crippen LogP contribution in [-0.4, -0.2) is 62.5 Å². The molecular weight excluding hydrogens is 435 g/mol. The number of halogens is 3. The topological polar surface area (TPSA) is 132 Å². The Hall–Kier alpha value is -1.89. The number of carbonyl (C=O) groups is 3. The molecule has 0 saturated carbocycles. The Kier molecular flexibility index (Phi) is 10.4. The van der Waals surface area contributed by atoms with Crippen LogP contribution < -0.4 is 5.32 Å². The van der Waals surface area contributed by atoms with Crippen LogP contribution in [-0.2, 0) is 20.8 Å². The largest absolute Gasteiger partial charge is 0.490 e. The van der Waals surface area contributed by atoms with E-state index in [1.165, 1.54) is 10.8 Å². The van der Waals surface area contributed by atoms with Gasteiger partial charge in [0.15, 0.2) is 0 Å². The standard InChI is InChI=1S/C14H21N3O3S2.C2HF3O2/c1-9-10(2-3-12-11(9)8-16-17-12)14(20)15-5-7-22-21-6-4-13(18)19;3-2(4,5)1(6)7/h8-10H,2-7H2,1H3,(H,15,20)(H,16,17)(H,18,19);(H,6,7)/t9-,10-;/m1./s1. The number of amides is 1. The van der Waals surface area contributed by atoms with E-state index in [4.69, 9.17) is 15.0 Å². The molecule has 2 rings (SSSR count). The molecule has 1 amide bonds. The van der Waals surface area contributed by atoms with Crippen LogP contribution in [0.2, 0.25) is 0 Å². The molecule has 8 nitrogen and oxygen atoms in total. The van der Waals surface area contributed by atoms with Gasteiger partial charge in [0.2, 0.25) is 5.91 Å². The van der Waals surface area contributed by atoms with Crippen LogP contribution in [0.3, 0.4) is 0 Å². The molecule has 0 radical (unpaired) electrons. The SMILES string of the molecule is C[C@H]1c2cn[nH]c2CC[C@H]1C(=O)NCCSSCCC(=O)O.O=C(O)C(F)(F)F. The number of nitrogens with one attached hydrogen (secondary N) is 2. The highest BCUT2D eigenvalue weighted by molar-refractivity contribution is 8.76. The maximum Gasteiger partial charge on any atom is 0.490 e. The van der Waals surface area contributed by atoms with Gasteiger partial charge in [0, 0.05) is 29.7 Å². The second-order valence-electron chi connectivity index (χ2n) is 6.12. The summed E-state index contributed by atoms with van der Waals surface area (Å²) in [5, 5.41) is 25.7. The highest BCUT2D eigenvalue weighted by atomic mass is 33.1. The third-order valence-corrected chi connectivity index (χ3v) is 6.51. The second-order valence-corrected chi connectivity index (χ2v) is 8.82. The van der Waals surface area contributed by atoms with Crippen LogP contribution in [0.15, 0.2) is 6.20 Å². The molecule has 1 aromatic rings. The van der Waals surface area contributed by atoms with Gasteiger partial charge in [0.25, 0.3) is 0 Å². The molecule has 4 N–H and O–H groups in total. The monoisotopic (exact) mass is 457 g/mol. The molecule has 0 unspecified atom stereocenters. The molecule has 1 heterocycles. The number of aliphatic carboxylic acids is 2. The lowest BCUT2D eigenvalue weighted by molar-refractivity contribution is -0.192. The number of fused-ring (bicyclic) bond motifs is 1. The Morgan fingerprint density at radius 1 is 1.28 bits per heavy atom. The van der Waals surface area contributed by atoms with Crippen molar-refractivity contribution in [1.29, 1.82) is 0 Å². The molecule has 1 aliphatic rings. The minimum Gasteiger partial charge on any atom is -0.481 e. The number of carboxylic acids is 2. The van der Waals surface area contributed by atoms with Crippen LogP contribution in [0, 0.1) is 5.92 Å². The van der Waals surface area contributed by atoms with Gasteiger partial charge < -0.3 is 15.5 Å². The van der Waals surface area contributed by atoms with Gasteiger partial charge in [-0.3, -0.25) is 14.7 Å². The molecule has 13 heteroatoms. The molecule has 1 aliphatic carbocycles. The highest BCUT2D eigenvalue weighted by Crippen LogP contribution is 2.34. The minimum absolute atomic E-state index is 0.00904. The van der Waals surface area contributed by atoms with E-state index in [9.17, 15) is 22.8 Å². The Balaban J connectivity index is 0.000000516. The van der Waals surface area contributed by atoms with Gasteiger partial charge in [0.1, 0.15) is 0 Å². The van der Waals surface area contributed by atoms with Gasteiger partial charge in [-0.1, -0.05) is 28.5 Å². The van der Waals surface area contributed by atoms with Crippen molar-refractivity contribution in [2.75, 3.05) is 18.1 Å². The van der Waals surface area contributed by atoms with Crippen molar-refractivity contribution < 1.29 is 37.8 Å². The Morgan fingerprint density at radius 2 is 1.90 bits per heavy atom. The Bertz CT molecular complexity index is 700. The maximum absolute atomic E-state index is 12.3. The highest BCUT2D eigenvalue weighted by Gasteiger charge is 2.38. The van der Waals surface area contributed by atoms with Gasteiger partial charge in [-0.2, -0.15) is 18.3 Å². The summed E-state index contributed by atoms with van der Waals surface area (Å²) < 4.78 is 31.7. The maximum atomic E-state index is 12.3. The van der Waals surface area contributed by atoms with E-state index in [-0.39, 0.29) is 24.2 Å². The smallest absolute Gasteiger partial charge is 0.481 e. The summed E-state index contributed by atoms with van der Waals surface area (Å²) in [6.07, 6.45) is -1.36. The molecular formula is C16H22F3N3O5S2. The predicted octanol–water partition coefficient (Wildman–Crippen LogP) is 2.68. The second kappa shape index (κ2) is 12.0. The van der Waals surface area contributed by atoms with E-state index < -0.39 is 18.1 Å². The number of rotatable bonds is 8. The number of nitrogens with zero attached hydrogens (tertiary/aromatic N) is 1. The zero-order chi connectivity index (χ0) is 22.0. The number of hydrogen-bond acceptors (Lipinski definition) is 6. The molecule has 164 valence electrons. The van der Waals surface area contributed by atoms with Crippen molar-refractivity contribution in [3.05, 3.63) is 17.5 Å². The Labute approximate surface area is 172 Å². The van der Waals surface area contributed by atoms with Crippen molar-refractivity contribution in [1.82, 2.24) is 15.5 Å².